The molecule has 0 radical (unpaired) electrons. The first-order chi connectivity index (χ1) is 6.95. The Bertz CT molecular complexity index is 363. The molecule has 1 aromatic carbocycles. The van der Waals surface area contributed by atoms with E-state index in [1.165, 1.54) is 19.2 Å². The molecule has 15 heavy (non-hydrogen) atoms. The zero-order valence-electron chi connectivity index (χ0n) is 9.00. The third kappa shape index (κ3) is 2.94. The highest BCUT2D eigenvalue weighted by atomic mass is 19.1. The largest absolute Gasteiger partial charge is 0.467 e. The third-order valence-electron chi connectivity index (χ3n) is 1.98. The first-order valence-corrected chi connectivity index (χ1v) is 4.58. The van der Waals surface area contributed by atoms with Crippen LogP contribution in [-0.2, 0) is 9.53 Å². The lowest BCUT2D eigenvalue weighted by Crippen LogP contribution is -2.41. The van der Waals surface area contributed by atoms with Crippen molar-refractivity contribution in [3.05, 3.63) is 30.1 Å². The average Bonchev–Trinajstić information content (AvgIpc) is 2.15. The summed E-state index contributed by atoms with van der Waals surface area (Å²) in [7, 11) is 1.32. The van der Waals surface area contributed by atoms with Crippen LogP contribution >= 0.6 is 0 Å². The molecule has 0 saturated heterocycles. The van der Waals surface area contributed by atoms with Crippen molar-refractivity contribution in [1.82, 2.24) is 0 Å². The Labute approximate surface area is 88.2 Å². The minimum Gasteiger partial charge on any atom is -0.467 e. The Balaban J connectivity index is 2.81. The Hall–Kier alpha value is -1.58. The van der Waals surface area contributed by atoms with Gasteiger partial charge in [-0.2, -0.15) is 0 Å². The van der Waals surface area contributed by atoms with Gasteiger partial charge in [0.15, 0.2) is 0 Å². The molecule has 0 atom stereocenters. The molecule has 3 nitrogen and oxygen atoms in total. The maximum atomic E-state index is 12.9. The third-order valence-corrected chi connectivity index (χ3v) is 1.98. The van der Waals surface area contributed by atoms with E-state index in [2.05, 4.69) is 10.1 Å². The molecule has 82 valence electrons. The highest BCUT2D eigenvalue weighted by Gasteiger charge is 2.28. The quantitative estimate of drug-likeness (QED) is 0.779. The minimum absolute atomic E-state index is 0.347. The maximum Gasteiger partial charge on any atom is 0.330 e. The van der Waals surface area contributed by atoms with Gasteiger partial charge in [0.25, 0.3) is 0 Å². The molecule has 1 aromatic rings. The van der Waals surface area contributed by atoms with Crippen LogP contribution in [0.4, 0.5) is 10.1 Å². The fraction of sp³-hybridized carbons (Fsp3) is 0.364. The number of carbonyl (C=O) groups excluding carboxylic acids is 1. The second kappa shape index (κ2) is 4.29. The molecule has 0 heterocycles. The van der Waals surface area contributed by atoms with E-state index in [-0.39, 0.29) is 5.82 Å². The highest BCUT2D eigenvalue weighted by molar-refractivity contribution is 5.83. The predicted octanol–water partition coefficient (Wildman–Crippen LogP) is 2.19. The Kier molecular flexibility index (Phi) is 3.29. The van der Waals surface area contributed by atoms with Crippen molar-refractivity contribution in [2.24, 2.45) is 0 Å². The van der Waals surface area contributed by atoms with E-state index in [1.807, 2.05) is 0 Å². The van der Waals surface area contributed by atoms with Crippen molar-refractivity contribution in [2.45, 2.75) is 19.4 Å². The van der Waals surface area contributed by atoms with Crippen LogP contribution in [0.3, 0.4) is 0 Å². The Morgan fingerprint density at radius 1 is 1.47 bits per heavy atom. The lowest BCUT2D eigenvalue weighted by molar-refractivity contribution is -0.144. The second-order valence-corrected chi connectivity index (χ2v) is 3.75. The predicted molar refractivity (Wildman–Crippen MR) is 56.1 cm³/mol. The molecule has 0 spiro atoms. The van der Waals surface area contributed by atoms with Gasteiger partial charge in [0.1, 0.15) is 11.4 Å². The number of anilines is 1. The number of halogens is 1. The summed E-state index contributed by atoms with van der Waals surface area (Å²) in [6, 6.07) is 5.93. The summed E-state index contributed by atoms with van der Waals surface area (Å²) in [6.07, 6.45) is 0. The number of rotatable bonds is 3. The van der Waals surface area contributed by atoms with E-state index in [0.717, 1.165) is 0 Å². The lowest BCUT2D eigenvalue weighted by atomic mass is 10.1. The van der Waals surface area contributed by atoms with E-state index in [4.69, 9.17) is 0 Å². The molecular weight excluding hydrogens is 197 g/mol. The van der Waals surface area contributed by atoms with E-state index in [0.29, 0.717) is 5.69 Å². The molecule has 0 aliphatic carbocycles. The molecule has 0 bridgehead atoms. The number of nitrogens with one attached hydrogen (secondary N) is 1. The van der Waals surface area contributed by atoms with Crippen LogP contribution in [-0.4, -0.2) is 18.6 Å². The molecule has 4 heteroatoms. The Morgan fingerprint density at radius 3 is 2.67 bits per heavy atom. The molecule has 0 aromatic heterocycles. The van der Waals surface area contributed by atoms with Crippen molar-refractivity contribution in [1.29, 1.82) is 0 Å². The normalized spacial score (nSPS) is 10.9. The number of hydrogen-bond acceptors (Lipinski definition) is 3. The van der Waals surface area contributed by atoms with E-state index < -0.39 is 11.5 Å². The van der Waals surface area contributed by atoms with Crippen LogP contribution in [0.25, 0.3) is 0 Å². The fourth-order valence-corrected chi connectivity index (χ4v) is 1.23. The van der Waals surface area contributed by atoms with Gasteiger partial charge in [-0.15, -0.1) is 0 Å². The number of methoxy groups -OCH3 is 1. The first kappa shape index (κ1) is 11.5. The van der Waals surface area contributed by atoms with Crippen molar-refractivity contribution in [3.8, 4) is 0 Å². The summed E-state index contributed by atoms with van der Waals surface area (Å²) >= 11 is 0. The average molecular weight is 211 g/mol. The van der Waals surface area contributed by atoms with E-state index in [1.54, 1.807) is 26.0 Å². The number of carbonyl (C=O) groups is 1. The minimum atomic E-state index is -0.872. The zero-order chi connectivity index (χ0) is 11.5. The van der Waals surface area contributed by atoms with Crippen LogP contribution in [0.15, 0.2) is 24.3 Å². The van der Waals surface area contributed by atoms with Crippen LogP contribution in [0, 0.1) is 5.82 Å². The number of benzene rings is 1. The van der Waals surface area contributed by atoms with Gasteiger partial charge in [-0.25, -0.2) is 9.18 Å². The van der Waals surface area contributed by atoms with Crippen LogP contribution in [0.1, 0.15) is 13.8 Å². The van der Waals surface area contributed by atoms with Gasteiger partial charge >= 0.3 is 5.97 Å². The molecule has 0 aliphatic rings. The zero-order valence-corrected chi connectivity index (χ0v) is 9.00. The fourth-order valence-electron chi connectivity index (χ4n) is 1.23. The molecule has 0 amide bonds. The smallest absolute Gasteiger partial charge is 0.330 e. The SMILES string of the molecule is COC(=O)C(C)(C)Nc1cccc(F)c1. The van der Waals surface area contributed by atoms with Crippen LogP contribution in [0.5, 0.6) is 0 Å². The molecule has 1 N–H and O–H groups in total. The summed E-state index contributed by atoms with van der Waals surface area (Å²) < 4.78 is 17.5. The molecular formula is C11H14FNO2. The van der Waals surface area contributed by atoms with Gasteiger partial charge in [-0.3, -0.25) is 0 Å². The summed E-state index contributed by atoms with van der Waals surface area (Å²) in [6.45, 7) is 3.34. The lowest BCUT2D eigenvalue weighted by Gasteiger charge is -2.24. The molecule has 0 unspecified atom stereocenters. The number of esters is 1. The molecule has 0 aliphatic heterocycles. The Morgan fingerprint density at radius 2 is 2.13 bits per heavy atom. The molecule has 1 rings (SSSR count). The van der Waals surface area contributed by atoms with Crippen molar-refractivity contribution >= 4 is 11.7 Å². The number of ether oxygens (including phenoxy) is 1. The summed E-state index contributed by atoms with van der Waals surface area (Å²) in [4.78, 5) is 11.3. The van der Waals surface area contributed by atoms with Gasteiger partial charge < -0.3 is 10.1 Å². The van der Waals surface area contributed by atoms with Crippen LogP contribution < -0.4 is 5.32 Å². The standard InChI is InChI=1S/C11H14FNO2/c1-11(2,10(14)15-3)13-9-6-4-5-8(12)7-9/h4-7,13H,1-3H3. The number of hydrogen-bond donors (Lipinski definition) is 1. The topological polar surface area (TPSA) is 38.3 Å². The van der Waals surface area contributed by atoms with Crippen molar-refractivity contribution in [3.63, 3.8) is 0 Å². The first-order valence-electron chi connectivity index (χ1n) is 4.58. The summed E-state index contributed by atoms with van der Waals surface area (Å²) in [5, 5.41) is 2.90. The highest BCUT2D eigenvalue weighted by Crippen LogP contribution is 2.16. The van der Waals surface area contributed by atoms with Crippen molar-refractivity contribution < 1.29 is 13.9 Å². The van der Waals surface area contributed by atoms with Gasteiger partial charge in [0.2, 0.25) is 0 Å². The van der Waals surface area contributed by atoms with Crippen LogP contribution in [0.2, 0.25) is 0 Å². The van der Waals surface area contributed by atoms with Gasteiger partial charge in [0, 0.05) is 5.69 Å². The summed E-state index contributed by atoms with van der Waals surface area (Å²) in [5.41, 5.74) is -0.326. The maximum absolute atomic E-state index is 12.9. The van der Waals surface area contributed by atoms with Gasteiger partial charge in [-0.1, -0.05) is 6.07 Å². The van der Waals surface area contributed by atoms with Gasteiger partial charge in [0.05, 0.1) is 7.11 Å². The monoisotopic (exact) mass is 211 g/mol. The molecule has 0 fully saturated rings. The van der Waals surface area contributed by atoms with E-state index in [9.17, 15) is 9.18 Å². The van der Waals surface area contributed by atoms with Gasteiger partial charge in [-0.05, 0) is 32.0 Å². The van der Waals surface area contributed by atoms with E-state index >= 15 is 0 Å². The van der Waals surface area contributed by atoms with Crippen molar-refractivity contribution in [2.75, 3.05) is 12.4 Å². The second-order valence-electron chi connectivity index (χ2n) is 3.75. The summed E-state index contributed by atoms with van der Waals surface area (Å²) in [5.74, 6) is -0.743. The molecule has 0 saturated carbocycles.